The third kappa shape index (κ3) is 4.08. The smallest absolute Gasteiger partial charge is 0.239 e. The lowest BCUT2D eigenvalue weighted by Crippen LogP contribution is -2.45. The average Bonchev–Trinajstić information content (AvgIpc) is 3.16. The van der Waals surface area contributed by atoms with E-state index in [2.05, 4.69) is 72.8 Å². The SMILES string of the molecule is CN(C)C1(c2ccccc2)CCC(CNC(=O)Cn2ccc3ccccc32)CC1. The molecular formula is C25H31N3O. The van der Waals surface area contributed by atoms with Gasteiger partial charge in [0.15, 0.2) is 0 Å². The average molecular weight is 390 g/mol. The van der Waals surface area contributed by atoms with Gasteiger partial charge in [0.1, 0.15) is 6.54 Å². The van der Waals surface area contributed by atoms with Crippen LogP contribution in [0.2, 0.25) is 0 Å². The molecule has 0 atom stereocenters. The van der Waals surface area contributed by atoms with Crippen molar-refractivity contribution in [2.75, 3.05) is 20.6 Å². The van der Waals surface area contributed by atoms with Crippen LogP contribution >= 0.6 is 0 Å². The maximum atomic E-state index is 12.5. The van der Waals surface area contributed by atoms with Gasteiger partial charge >= 0.3 is 0 Å². The highest BCUT2D eigenvalue weighted by Gasteiger charge is 2.38. The summed E-state index contributed by atoms with van der Waals surface area (Å²) in [6.07, 6.45) is 6.54. The molecule has 4 heteroatoms. The Labute approximate surface area is 173 Å². The molecule has 1 aliphatic carbocycles. The third-order valence-electron chi connectivity index (χ3n) is 6.68. The van der Waals surface area contributed by atoms with Gasteiger partial charge in [0.2, 0.25) is 5.91 Å². The van der Waals surface area contributed by atoms with E-state index in [-0.39, 0.29) is 11.4 Å². The number of carbonyl (C=O) groups is 1. The van der Waals surface area contributed by atoms with E-state index in [1.165, 1.54) is 10.9 Å². The molecule has 29 heavy (non-hydrogen) atoms. The summed E-state index contributed by atoms with van der Waals surface area (Å²) in [5, 5.41) is 4.35. The summed E-state index contributed by atoms with van der Waals surface area (Å²) in [6.45, 7) is 1.15. The molecule has 1 N–H and O–H groups in total. The number of aromatic nitrogens is 1. The van der Waals surface area contributed by atoms with Crippen LogP contribution in [0.4, 0.5) is 0 Å². The number of hydrogen-bond donors (Lipinski definition) is 1. The van der Waals surface area contributed by atoms with Gasteiger partial charge < -0.3 is 9.88 Å². The quantitative estimate of drug-likeness (QED) is 0.678. The van der Waals surface area contributed by atoms with Crippen molar-refractivity contribution in [3.8, 4) is 0 Å². The zero-order valence-corrected chi connectivity index (χ0v) is 17.5. The van der Waals surface area contributed by atoms with E-state index in [0.717, 1.165) is 37.7 Å². The second kappa shape index (κ2) is 8.42. The van der Waals surface area contributed by atoms with Gasteiger partial charge in [-0.1, -0.05) is 48.5 Å². The normalized spacial score (nSPS) is 22.1. The van der Waals surface area contributed by atoms with E-state index in [1.807, 2.05) is 22.9 Å². The maximum Gasteiger partial charge on any atom is 0.239 e. The topological polar surface area (TPSA) is 37.3 Å². The molecule has 0 unspecified atom stereocenters. The van der Waals surface area contributed by atoms with Gasteiger partial charge in [-0.3, -0.25) is 9.69 Å². The minimum absolute atomic E-state index is 0.0962. The van der Waals surface area contributed by atoms with Gasteiger partial charge in [-0.2, -0.15) is 0 Å². The predicted octanol–water partition coefficient (Wildman–Crippen LogP) is 4.40. The van der Waals surface area contributed by atoms with E-state index < -0.39 is 0 Å². The highest BCUT2D eigenvalue weighted by molar-refractivity contribution is 5.83. The van der Waals surface area contributed by atoms with Crippen molar-refractivity contribution in [1.29, 1.82) is 0 Å². The lowest BCUT2D eigenvalue weighted by Gasteiger charge is -2.45. The van der Waals surface area contributed by atoms with E-state index in [0.29, 0.717) is 12.5 Å². The summed E-state index contributed by atoms with van der Waals surface area (Å²) in [5.41, 5.74) is 2.64. The molecule has 1 heterocycles. The van der Waals surface area contributed by atoms with Crippen LogP contribution in [-0.2, 0) is 16.9 Å². The van der Waals surface area contributed by atoms with Crippen LogP contribution in [-0.4, -0.2) is 36.0 Å². The summed E-state index contributed by atoms with van der Waals surface area (Å²) < 4.78 is 2.03. The number of carbonyl (C=O) groups excluding carboxylic acids is 1. The standard InChI is InChI=1S/C25H31N3O/c1-27(2)25(22-9-4-3-5-10-22)15-12-20(13-16-25)18-26-24(29)19-28-17-14-21-8-6-7-11-23(21)28/h3-11,14,17,20H,12-13,15-16,18-19H2,1-2H3,(H,26,29). The molecule has 0 radical (unpaired) electrons. The van der Waals surface area contributed by atoms with Crippen molar-refractivity contribution < 1.29 is 4.79 Å². The molecular weight excluding hydrogens is 358 g/mol. The first-order chi connectivity index (χ1) is 14.1. The van der Waals surface area contributed by atoms with Crippen LogP contribution in [0.1, 0.15) is 31.2 Å². The second-order valence-electron chi connectivity index (χ2n) is 8.54. The molecule has 0 saturated heterocycles. The van der Waals surface area contributed by atoms with E-state index in [1.54, 1.807) is 0 Å². The number of para-hydroxylation sites is 1. The van der Waals surface area contributed by atoms with Crippen LogP contribution in [0, 0.1) is 5.92 Å². The number of fused-ring (bicyclic) bond motifs is 1. The lowest BCUT2D eigenvalue weighted by atomic mass is 9.72. The minimum atomic E-state index is 0.0962. The number of nitrogens with one attached hydrogen (secondary N) is 1. The predicted molar refractivity (Wildman–Crippen MR) is 119 cm³/mol. The van der Waals surface area contributed by atoms with E-state index in [9.17, 15) is 4.79 Å². The molecule has 1 saturated carbocycles. The molecule has 0 aliphatic heterocycles. The summed E-state index contributed by atoms with van der Waals surface area (Å²) in [4.78, 5) is 14.9. The van der Waals surface area contributed by atoms with E-state index in [4.69, 9.17) is 0 Å². The second-order valence-corrected chi connectivity index (χ2v) is 8.54. The summed E-state index contributed by atoms with van der Waals surface area (Å²) >= 11 is 0. The summed E-state index contributed by atoms with van der Waals surface area (Å²) in [5.74, 6) is 0.649. The van der Waals surface area contributed by atoms with Crippen molar-refractivity contribution >= 4 is 16.8 Å². The largest absolute Gasteiger partial charge is 0.354 e. The molecule has 0 bridgehead atoms. The number of amides is 1. The first kappa shape index (κ1) is 19.7. The first-order valence-electron chi connectivity index (χ1n) is 10.6. The van der Waals surface area contributed by atoms with Crippen molar-refractivity contribution in [2.45, 2.75) is 37.8 Å². The zero-order valence-electron chi connectivity index (χ0n) is 17.5. The molecule has 4 rings (SSSR count). The van der Waals surface area contributed by atoms with Gasteiger partial charge in [-0.05, 0) is 68.8 Å². The van der Waals surface area contributed by atoms with Gasteiger partial charge in [-0.15, -0.1) is 0 Å². The fourth-order valence-corrected chi connectivity index (χ4v) is 4.85. The van der Waals surface area contributed by atoms with Gasteiger partial charge in [0, 0.05) is 23.8 Å². The van der Waals surface area contributed by atoms with Gasteiger partial charge in [-0.25, -0.2) is 0 Å². The molecule has 4 nitrogen and oxygen atoms in total. The lowest BCUT2D eigenvalue weighted by molar-refractivity contribution is -0.121. The third-order valence-corrected chi connectivity index (χ3v) is 6.68. The molecule has 0 spiro atoms. The fraction of sp³-hybridized carbons (Fsp3) is 0.400. The highest BCUT2D eigenvalue weighted by atomic mass is 16.1. The van der Waals surface area contributed by atoms with Crippen LogP contribution < -0.4 is 5.32 Å². The number of hydrogen-bond acceptors (Lipinski definition) is 2. The van der Waals surface area contributed by atoms with E-state index >= 15 is 0 Å². The van der Waals surface area contributed by atoms with Crippen LogP contribution in [0.3, 0.4) is 0 Å². The van der Waals surface area contributed by atoms with Crippen molar-refractivity contribution in [2.24, 2.45) is 5.92 Å². The molecule has 1 fully saturated rings. The Bertz CT molecular complexity index is 952. The van der Waals surface area contributed by atoms with Crippen molar-refractivity contribution in [1.82, 2.24) is 14.8 Å². The van der Waals surface area contributed by atoms with Gasteiger partial charge in [0.25, 0.3) is 0 Å². The molecule has 152 valence electrons. The monoisotopic (exact) mass is 389 g/mol. The minimum Gasteiger partial charge on any atom is -0.354 e. The number of rotatable bonds is 6. The molecule has 1 amide bonds. The van der Waals surface area contributed by atoms with Crippen molar-refractivity contribution in [3.63, 3.8) is 0 Å². The Morgan fingerprint density at radius 2 is 1.72 bits per heavy atom. The Morgan fingerprint density at radius 1 is 1.03 bits per heavy atom. The molecule has 1 aromatic heterocycles. The Kier molecular flexibility index (Phi) is 5.72. The fourth-order valence-electron chi connectivity index (χ4n) is 4.85. The van der Waals surface area contributed by atoms with Gasteiger partial charge in [0.05, 0.1) is 0 Å². The molecule has 3 aromatic rings. The zero-order chi connectivity index (χ0) is 20.3. The summed E-state index contributed by atoms with van der Waals surface area (Å²) in [7, 11) is 4.38. The van der Waals surface area contributed by atoms with Crippen LogP contribution in [0.5, 0.6) is 0 Å². The number of nitrogens with zero attached hydrogens (tertiary/aromatic N) is 2. The Balaban J connectivity index is 1.32. The van der Waals surface area contributed by atoms with Crippen LogP contribution in [0.25, 0.3) is 10.9 Å². The summed E-state index contributed by atoms with van der Waals surface area (Å²) in [6, 6.07) is 21.1. The van der Waals surface area contributed by atoms with Crippen molar-refractivity contribution in [3.05, 3.63) is 72.4 Å². The highest BCUT2D eigenvalue weighted by Crippen LogP contribution is 2.42. The Hall–Kier alpha value is -2.59. The maximum absolute atomic E-state index is 12.5. The first-order valence-corrected chi connectivity index (χ1v) is 10.6. The van der Waals surface area contributed by atoms with Crippen LogP contribution in [0.15, 0.2) is 66.9 Å². The molecule has 1 aliphatic rings. The number of benzene rings is 2. The Morgan fingerprint density at radius 3 is 2.45 bits per heavy atom. The molecule has 2 aromatic carbocycles.